The first-order valence-electron chi connectivity index (χ1n) is 10.1. The molecule has 148 valence electrons. The van der Waals surface area contributed by atoms with E-state index in [9.17, 15) is 9.59 Å². The summed E-state index contributed by atoms with van der Waals surface area (Å²) in [5.74, 6) is 2.95. The number of hydrogen-bond acceptors (Lipinski definition) is 2. The minimum atomic E-state index is -0.879. The molecule has 0 unspecified atom stereocenters. The Kier molecular flexibility index (Phi) is 6.85. The van der Waals surface area contributed by atoms with Crippen LogP contribution in [-0.2, 0) is 0 Å². The molecule has 0 spiro atoms. The number of carbonyl (C=O) groups is 2. The summed E-state index contributed by atoms with van der Waals surface area (Å²) in [7, 11) is 0. The molecule has 0 radical (unpaired) electrons. The lowest BCUT2D eigenvalue weighted by molar-refractivity contribution is 0.0198. The fourth-order valence-electron chi connectivity index (χ4n) is 5.14. The largest absolute Gasteiger partial charge is 0.478 e. The van der Waals surface area contributed by atoms with Gasteiger partial charge >= 0.3 is 11.9 Å². The van der Waals surface area contributed by atoms with Gasteiger partial charge in [0.05, 0.1) is 11.1 Å². The lowest BCUT2D eigenvalue weighted by atomic mass is 9.56. The van der Waals surface area contributed by atoms with E-state index in [0.29, 0.717) is 11.1 Å². The van der Waals surface area contributed by atoms with E-state index >= 15 is 0 Å². The smallest absolute Gasteiger partial charge is 0.335 e. The normalized spacial score (nSPS) is 26.3. The summed E-state index contributed by atoms with van der Waals surface area (Å²) >= 11 is 0. The van der Waals surface area contributed by atoms with Crippen LogP contribution in [0.4, 0.5) is 0 Å². The first-order valence-corrected chi connectivity index (χ1v) is 10.1. The van der Waals surface area contributed by atoms with Crippen LogP contribution in [0.1, 0.15) is 59.2 Å². The van der Waals surface area contributed by atoms with E-state index in [1.165, 1.54) is 23.7 Å². The maximum atomic E-state index is 10.2. The summed E-state index contributed by atoms with van der Waals surface area (Å²) in [6.07, 6.45) is 9.62. The second kappa shape index (κ2) is 9.54. The number of rotatable bonds is 2. The van der Waals surface area contributed by atoms with E-state index in [2.05, 4.69) is 0 Å². The van der Waals surface area contributed by atoms with Gasteiger partial charge in [0.15, 0.2) is 0 Å². The molecule has 4 fully saturated rings. The Morgan fingerprint density at radius 1 is 0.536 bits per heavy atom. The first-order chi connectivity index (χ1) is 13.5. The SMILES string of the molecule is C1C2CC3CC1CC(C2)C3.O=C(O)c1ccccc1.O=C(O)c1ccccc1. The van der Waals surface area contributed by atoms with Crippen LogP contribution in [-0.4, -0.2) is 22.2 Å². The van der Waals surface area contributed by atoms with Gasteiger partial charge in [-0.2, -0.15) is 0 Å². The van der Waals surface area contributed by atoms with Crippen LogP contribution in [0.2, 0.25) is 0 Å². The second-order valence-corrected chi connectivity index (χ2v) is 8.22. The van der Waals surface area contributed by atoms with Gasteiger partial charge in [0.1, 0.15) is 0 Å². The standard InChI is InChI=1S/C10H16.2C7H6O2/c1-7-2-9-4-8(1)5-10(3-7)6-9;2*8-7(9)6-4-2-1-3-5-6/h7-10H,1-6H2;2*1-5H,(H,8,9). The van der Waals surface area contributed by atoms with Crippen molar-refractivity contribution < 1.29 is 19.8 Å². The maximum absolute atomic E-state index is 10.2. The quantitative estimate of drug-likeness (QED) is 0.711. The third-order valence-electron chi connectivity index (χ3n) is 6.04. The van der Waals surface area contributed by atoms with Crippen LogP contribution in [0, 0.1) is 23.7 Å². The summed E-state index contributed by atoms with van der Waals surface area (Å²) in [6.45, 7) is 0. The van der Waals surface area contributed by atoms with Crippen LogP contribution in [0.3, 0.4) is 0 Å². The highest BCUT2D eigenvalue weighted by Crippen LogP contribution is 2.53. The van der Waals surface area contributed by atoms with Crippen molar-refractivity contribution in [3.8, 4) is 0 Å². The molecule has 4 nitrogen and oxygen atoms in total. The summed E-state index contributed by atoms with van der Waals surface area (Å²) in [4.78, 5) is 20.4. The van der Waals surface area contributed by atoms with Gasteiger partial charge in [0, 0.05) is 0 Å². The van der Waals surface area contributed by atoms with E-state index in [0.717, 1.165) is 0 Å². The minimum absolute atomic E-state index is 0.331. The summed E-state index contributed by atoms with van der Waals surface area (Å²) in [5.41, 5.74) is 0.662. The van der Waals surface area contributed by atoms with E-state index in [4.69, 9.17) is 10.2 Å². The Morgan fingerprint density at radius 2 is 0.786 bits per heavy atom. The Balaban J connectivity index is 0.000000121. The zero-order chi connectivity index (χ0) is 19.9. The van der Waals surface area contributed by atoms with Gasteiger partial charge in [-0.05, 0) is 86.5 Å². The lowest BCUT2D eigenvalue weighted by Crippen LogP contribution is -2.38. The molecule has 2 aromatic carbocycles. The van der Waals surface area contributed by atoms with Crippen molar-refractivity contribution in [2.75, 3.05) is 0 Å². The van der Waals surface area contributed by atoms with E-state index in [1.807, 2.05) is 0 Å². The fourth-order valence-corrected chi connectivity index (χ4v) is 5.14. The molecule has 2 N–H and O–H groups in total. The molecule has 4 saturated carbocycles. The molecule has 2 aromatic rings. The van der Waals surface area contributed by atoms with Gasteiger partial charge in [-0.3, -0.25) is 0 Å². The zero-order valence-corrected chi connectivity index (χ0v) is 16.0. The second-order valence-electron chi connectivity index (χ2n) is 8.22. The third-order valence-corrected chi connectivity index (χ3v) is 6.04. The average Bonchev–Trinajstić information content (AvgIpc) is 2.69. The number of hydrogen-bond donors (Lipinski definition) is 2. The molecule has 0 amide bonds. The molecule has 0 heterocycles. The van der Waals surface area contributed by atoms with E-state index < -0.39 is 11.9 Å². The lowest BCUT2D eigenvalue weighted by Gasteiger charge is -2.49. The van der Waals surface area contributed by atoms with E-state index in [1.54, 1.807) is 99.2 Å². The van der Waals surface area contributed by atoms with E-state index in [-0.39, 0.29) is 0 Å². The van der Waals surface area contributed by atoms with Crippen LogP contribution in [0.25, 0.3) is 0 Å². The predicted molar refractivity (Wildman–Crippen MR) is 108 cm³/mol. The highest BCUT2D eigenvalue weighted by molar-refractivity contribution is 5.87. The topological polar surface area (TPSA) is 74.6 Å². The summed E-state index contributed by atoms with van der Waals surface area (Å²) < 4.78 is 0. The van der Waals surface area contributed by atoms with Gasteiger partial charge in [-0.1, -0.05) is 36.4 Å². The van der Waals surface area contributed by atoms with Gasteiger partial charge in [0.2, 0.25) is 0 Å². The van der Waals surface area contributed by atoms with Crippen LogP contribution >= 0.6 is 0 Å². The van der Waals surface area contributed by atoms with Crippen LogP contribution in [0.15, 0.2) is 60.7 Å². The van der Waals surface area contributed by atoms with Gasteiger partial charge in [0.25, 0.3) is 0 Å². The molecule has 0 aliphatic heterocycles. The Hall–Kier alpha value is -2.62. The van der Waals surface area contributed by atoms with Gasteiger partial charge < -0.3 is 10.2 Å². The van der Waals surface area contributed by atoms with Crippen molar-refractivity contribution in [3.05, 3.63) is 71.8 Å². The number of aromatic carboxylic acids is 2. The molecular weight excluding hydrogens is 352 g/mol. The molecule has 0 saturated heterocycles. The molecule has 4 aliphatic rings. The summed E-state index contributed by atoms with van der Waals surface area (Å²) in [6, 6.07) is 16.6. The molecule has 4 bridgehead atoms. The number of benzene rings is 2. The van der Waals surface area contributed by atoms with Gasteiger partial charge in [-0.15, -0.1) is 0 Å². The van der Waals surface area contributed by atoms with Crippen molar-refractivity contribution >= 4 is 11.9 Å². The fraction of sp³-hybridized carbons (Fsp3) is 0.417. The van der Waals surface area contributed by atoms with Crippen molar-refractivity contribution in [1.82, 2.24) is 0 Å². The molecule has 6 rings (SSSR count). The Bertz CT molecular complexity index is 664. The number of carboxylic acids is 2. The van der Waals surface area contributed by atoms with Crippen molar-refractivity contribution in [3.63, 3.8) is 0 Å². The highest BCUT2D eigenvalue weighted by Gasteiger charge is 2.41. The molecule has 4 aliphatic carbocycles. The highest BCUT2D eigenvalue weighted by atomic mass is 16.4. The number of carboxylic acid groups (broad SMARTS) is 2. The third kappa shape index (κ3) is 5.69. The predicted octanol–water partition coefficient (Wildman–Crippen LogP) is 5.60. The first kappa shape index (κ1) is 20.1. The molecule has 28 heavy (non-hydrogen) atoms. The average molecular weight is 380 g/mol. The molecular formula is C24H28O4. The van der Waals surface area contributed by atoms with Crippen molar-refractivity contribution in [2.24, 2.45) is 23.7 Å². The molecule has 4 heteroatoms. The molecule has 0 aromatic heterocycles. The van der Waals surface area contributed by atoms with Crippen molar-refractivity contribution in [1.29, 1.82) is 0 Å². The zero-order valence-electron chi connectivity index (χ0n) is 16.0. The van der Waals surface area contributed by atoms with Crippen LogP contribution < -0.4 is 0 Å². The Morgan fingerprint density at radius 3 is 0.964 bits per heavy atom. The van der Waals surface area contributed by atoms with Crippen molar-refractivity contribution in [2.45, 2.75) is 38.5 Å². The monoisotopic (exact) mass is 380 g/mol. The maximum Gasteiger partial charge on any atom is 0.335 e. The minimum Gasteiger partial charge on any atom is -0.478 e. The summed E-state index contributed by atoms with van der Waals surface area (Å²) in [5, 5.41) is 16.8. The molecule has 0 atom stereocenters. The van der Waals surface area contributed by atoms with Crippen LogP contribution in [0.5, 0.6) is 0 Å². The van der Waals surface area contributed by atoms with Gasteiger partial charge in [-0.25, -0.2) is 9.59 Å². The Labute approximate surface area is 166 Å².